The van der Waals surface area contributed by atoms with Crippen LogP contribution in [-0.4, -0.2) is 13.2 Å². The van der Waals surface area contributed by atoms with Crippen molar-refractivity contribution < 1.29 is 8.42 Å². The Labute approximate surface area is 121 Å². The Morgan fingerprint density at radius 3 is 1.55 bits per heavy atom. The van der Waals surface area contributed by atoms with Crippen molar-refractivity contribution >= 4 is 9.84 Å². The van der Waals surface area contributed by atoms with Gasteiger partial charge in [0.15, 0.2) is 9.84 Å². The first-order valence-electron chi connectivity index (χ1n) is 6.63. The predicted octanol–water partition coefficient (Wildman–Crippen LogP) is 4.23. The van der Waals surface area contributed by atoms with Crippen molar-refractivity contribution in [2.24, 2.45) is 0 Å². The van der Waals surface area contributed by atoms with Gasteiger partial charge in [-0.2, -0.15) is 0 Å². The Morgan fingerprint density at radius 2 is 1.15 bits per heavy atom. The number of sulfone groups is 1. The predicted molar refractivity (Wildman–Crippen MR) is 83.6 cm³/mol. The van der Waals surface area contributed by atoms with Crippen molar-refractivity contribution in [2.75, 3.05) is 0 Å². The van der Waals surface area contributed by atoms with Gasteiger partial charge in [-0.25, -0.2) is 8.42 Å². The fourth-order valence-corrected chi connectivity index (χ4v) is 3.13. The summed E-state index contributed by atoms with van der Waals surface area (Å²) in [5.74, 6) is 0. The first-order valence-corrected chi connectivity index (χ1v) is 8.12. The molecule has 0 radical (unpaired) electrons. The van der Waals surface area contributed by atoms with Gasteiger partial charge in [0.05, 0.1) is 9.64 Å². The van der Waals surface area contributed by atoms with E-state index in [2.05, 4.69) is 12.1 Å². The maximum absolute atomic E-state index is 12.3. The molecule has 0 fully saturated rings. The first-order chi connectivity index (χ1) is 9.22. The van der Waals surface area contributed by atoms with Crippen LogP contribution in [0.3, 0.4) is 0 Å². The molecule has 0 spiro atoms. The van der Waals surface area contributed by atoms with E-state index < -0.39 is 14.6 Å². The topological polar surface area (TPSA) is 34.1 Å². The molecule has 0 bridgehead atoms. The van der Waals surface area contributed by atoms with Crippen LogP contribution in [0.5, 0.6) is 0 Å². The van der Waals surface area contributed by atoms with E-state index in [0.29, 0.717) is 4.90 Å². The quantitative estimate of drug-likeness (QED) is 0.828. The number of hydrogen-bond acceptors (Lipinski definition) is 2. The fraction of sp³-hybridized carbons (Fsp3) is 0.294. The van der Waals surface area contributed by atoms with Crippen LogP contribution in [0.15, 0.2) is 53.4 Å². The van der Waals surface area contributed by atoms with Gasteiger partial charge < -0.3 is 0 Å². The second kappa shape index (κ2) is 5.06. The largest absolute Gasteiger partial charge is 0.223 e. The third kappa shape index (κ3) is 2.78. The lowest BCUT2D eigenvalue weighted by Crippen LogP contribution is -2.27. The minimum absolute atomic E-state index is 0.376. The lowest BCUT2D eigenvalue weighted by atomic mass is 10.0. The molecule has 0 aliphatic carbocycles. The second-order valence-corrected chi connectivity index (χ2v) is 8.71. The summed E-state index contributed by atoms with van der Waals surface area (Å²) < 4.78 is 23.9. The van der Waals surface area contributed by atoms with E-state index in [4.69, 9.17) is 0 Å². The minimum atomic E-state index is -3.28. The smallest absolute Gasteiger partial charge is 0.183 e. The molecule has 106 valence electrons. The van der Waals surface area contributed by atoms with Crippen molar-refractivity contribution in [1.82, 2.24) is 0 Å². The zero-order valence-electron chi connectivity index (χ0n) is 12.3. The highest BCUT2D eigenvalue weighted by atomic mass is 32.2. The Bertz CT molecular complexity index is 688. The van der Waals surface area contributed by atoms with Gasteiger partial charge in [-0.05, 0) is 51.0 Å². The summed E-state index contributed by atoms with van der Waals surface area (Å²) in [6.45, 7) is 7.20. The molecule has 0 aliphatic rings. The number of aryl methyl sites for hydroxylation is 1. The van der Waals surface area contributed by atoms with Crippen molar-refractivity contribution in [1.29, 1.82) is 0 Å². The maximum atomic E-state index is 12.3. The molecule has 0 saturated carbocycles. The van der Waals surface area contributed by atoms with Crippen LogP contribution in [0.25, 0.3) is 11.1 Å². The third-order valence-corrected chi connectivity index (χ3v) is 5.86. The van der Waals surface area contributed by atoms with Gasteiger partial charge in [-0.15, -0.1) is 0 Å². The van der Waals surface area contributed by atoms with Crippen LogP contribution in [0.2, 0.25) is 0 Å². The van der Waals surface area contributed by atoms with E-state index >= 15 is 0 Å². The zero-order chi connectivity index (χ0) is 15.0. The van der Waals surface area contributed by atoms with Crippen LogP contribution in [0.1, 0.15) is 26.3 Å². The molecular weight excluding hydrogens is 268 g/mol. The van der Waals surface area contributed by atoms with Crippen molar-refractivity contribution in [3.05, 3.63) is 54.1 Å². The lowest BCUT2D eigenvalue weighted by molar-refractivity contribution is 0.560. The lowest BCUT2D eigenvalue weighted by Gasteiger charge is -2.19. The van der Waals surface area contributed by atoms with Gasteiger partial charge in [-0.1, -0.05) is 42.0 Å². The van der Waals surface area contributed by atoms with Crippen molar-refractivity contribution in [3.63, 3.8) is 0 Å². The summed E-state index contributed by atoms with van der Waals surface area (Å²) in [7, 11) is -3.28. The third-order valence-electron chi connectivity index (χ3n) is 3.36. The molecule has 3 heteroatoms. The molecular formula is C17H20O2S. The SMILES string of the molecule is Cc1ccc(-c2ccc(S(=O)(=O)C(C)(C)C)cc2)cc1. The van der Waals surface area contributed by atoms with Crippen molar-refractivity contribution in [3.8, 4) is 11.1 Å². The van der Waals surface area contributed by atoms with Crippen LogP contribution in [-0.2, 0) is 9.84 Å². The van der Waals surface area contributed by atoms with Gasteiger partial charge in [-0.3, -0.25) is 0 Å². The van der Waals surface area contributed by atoms with E-state index in [0.717, 1.165) is 11.1 Å². The molecule has 0 aromatic heterocycles. The Balaban J connectivity index is 2.39. The highest BCUT2D eigenvalue weighted by molar-refractivity contribution is 7.92. The van der Waals surface area contributed by atoms with Gasteiger partial charge in [0.2, 0.25) is 0 Å². The Morgan fingerprint density at radius 1 is 0.750 bits per heavy atom. The van der Waals surface area contributed by atoms with Gasteiger partial charge in [0, 0.05) is 0 Å². The van der Waals surface area contributed by atoms with Gasteiger partial charge in [0.1, 0.15) is 0 Å². The highest BCUT2D eigenvalue weighted by Crippen LogP contribution is 2.27. The molecule has 0 atom stereocenters. The van der Waals surface area contributed by atoms with E-state index in [1.54, 1.807) is 32.9 Å². The molecule has 2 rings (SSSR count). The van der Waals surface area contributed by atoms with Gasteiger partial charge in [0.25, 0.3) is 0 Å². The molecule has 2 aromatic rings. The molecule has 2 aromatic carbocycles. The zero-order valence-corrected chi connectivity index (χ0v) is 13.2. The molecule has 0 amide bonds. The van der Waals surface area contributed by atoms with E-state index in [9.17, 15) is 8.42 Å². The maximum Gasteiger partial charge on any atom is 0.183 e. The summed E-state index contributed by atoms with van der Waals surface area (Å²) in [4.78, 5) is 0.376. The summed E-state index contributed by atoms with van der Waals surface area (Å²) in [5.41, 5.74) is 3.33. The Kier molecular flexibility index (Phi) is 3.74. The summed E-state index contributed by atoms with van der Waals surface area (Å²) >= 11 is 0. The molecule has 0 heterocycles. The fourth-order valence-electron chi connectivity index (χ4n) is 1.93. The van der Waals surface area contributed by atoms with E-state index in [1.165, 1.54) is 5.56 Å². The standard InChI is InChI=1S/C17H20O2S/c1-13-5-7-14(8-6-13)15-9-11-16(12-10-15)20(18,19)17(2,3)4/h5-12H,1-4H3. The number of rotatable bonds is 2. The molecule has 2 nitrogen and oxygen atoms in total. The van der Waals surface area contributed by atoms with E-state index in [-0.39, 0.29) is 0 Å². The second-order valence-electron chi connectivity index (χ2n) is 6.01. The number of benzene rings is 2. The summed E-state index contributed by atoms with van der Waals surface area (Å²) in [6, 6.07) is 15.3. The van der Waals surface area contributed by atoms with Crippen molar-refractivity contribution in [2.45, 2.75) is 37.3 Å². The summed E-state index contributed by atoms with van der Waals surface area (Å²) in [6.07, 6.45) is 0. The molecule has 20 heavy (non-hydrogen) atoms. The normalized spacial score (nSPS) is 12.4. The Hall–Kier alpha value is -1.61. The van der Waals surface area contributed by atoms with Gasteiger partial charge >= 0.3 is 0 Å². The van der Waals surface area contributed by atoms with Crippen LogP contribution in [0.4, 0.5) is 0 Å². The average molecular weight is 288 g/mol. The van der Waals surface area contributed by atoms with Crippen LogP contribution >= 0.6 is 0 Å². The van der Waals surface area contributed by atoms with Crippen LogP contribution in [0, 0.1) is 6.92 Å². The van der Waals surface area contributed by atoms with E-state index in [1.807, 2.05) is 31.2 Å². The highest BCUT2D eigenvalue weighted by Gasteiger charge is 2.30. The average Bonchev–Trinajstić information content (AvgIpc) is 2.38. The molecule has 0 saturated heterocycles. The monoisotopic (exact) mass is 288 g/mol. The molecule has 0 aliphatic heterocycles. The first kappa shape index (κ1) is 14.8. The molecule has 0 unspecified atom stereocenters. The minimum Gasteiger partial charge on any atom is -0.223 e. The van der Waals surface area contributed by atoms with Crippen LogP contribution < -0.4 is 0 Å². The molecule has 0 N–H and O–H groups in total. The summed E-state index contributed by atoms with van der Waals surface area (Å²) in [5, 5.41) is 0. The number of hydrogen-bond donors (Lipinski definition) is 0.